The van der Waals surface area contributed by atoms with Gasteiger partial charge in [0, 0.05) is 38.4 Å². The van der Waals surface area contributed by atoms with Gasteiger partial charge in [-0.05, 0) is 56.8 Å². The lowest BCUT2D eigenvalue weighted by molar-refractivity contribution is 0.653. The second-order valence-corrected chi connectivity index (χ2v) is 13.7. The fraction of sp³-hybridized carbons (Fsp3) is 0.0652. The standard InChI is InChI=1S/C46H31N3O/c1-46(2)38-25-24-36-35-14-8-9-15-40(35)50-42(36)41(38)37-23-22-34(27-39(37)46)45-48-43(30-11-4-3-5-12-30)47-44(49-45)31-19-16-29(17-20-31)33-21-18-28-10-6-7-13-32(28)26-33/h3-27H,1-2H3. The zero-order valence-electron chi connectivity index (χ0n) is 27.7. The highest BCUT2D eigenvalue weighted by molar-refractivity contribution is 6.11. The topological polar surface area (TPSA) is 51.8 Å². The van der Waals surface area contributed by atoms with E-state index >= 15 is 0 Å². The van der Waals surface area contributed by atoms with E-state index in [4.69, 9.17) is 19.4 Å². The summed E-state index contributed by atoms with van der Waals surface area (Å²) in [7, 11) is 0. The summed E-state index contributed by atoms with van der Waals surface area (Å²) >= 11 is 0. The molecule has 1 aliphatic rings. The molecule has 10 rings (SSSR count). The SMILES string of the molecule is CC1(C)c2cc(-c3nc(-c4ccccc4)nc(-c4ccc(-c5ccc6ccccc6c5)cc4)n3)ccc2-c2c1ccc1c2oc2ccccc21. The minimum absolute atomic E-state index is 0.232. The lowest BCUT2D eigenvalue weighted by Gasteiger charge is -2.21. The number of rotatable bonds is 4. The lowest BCUT2D eigenvalue weighted by atomic mass is 9.82. The monoisotopic (exact) mass is 641 g/mol. The Labute approximate surface area is 289 Å². The van der Waals surface area contributed by atoms with Gasteiger partial charge in [-0.15, -0.1) is 0 Å². The van der Waals surface area contributed by atoms with Crippen molar-refractivity contribution in [3.05, 3.63) is 163 Å². The molecule has 2 aromatic heterocycles. The molecular weight excluding hydrogens is 611 g/mol. The molecule has 0 saturated carbocycles. The van der Waals surface area contributed by atoms with E-state index in [-0.39, 0.29) is 5.41 Å². The van der Waals surface area contributed by atoms with Gasteiger partial charge in [0.15, 0.2) is 17.5 Å². The van der Waals surface area contributed by atoms with E-state index in [2.05, 4.69) is 123 Å². The van der Waals surface area contributed by atoms with E-state index < -0.39 is 0 Å². The summed E-state index contributed by atoms with van der Waals surface area (Å²) in [5.41, 5.74) is 11.7. The average molecular weight is 642 g/mol. The number of fused-ring (bicyclic) bond motifs is 8. The van der Waals surface area contributed by atoms with Crippen LogP contribution in [0.2, 0.25) is 0 Å². The number of hydrogen-bond acceptors (Lipinski definition) is 4. The Hall–Kier alpha value is -6.39. The van der Waals surface area contributed by atoms with E-state index in [1.54, 1.807) is 0 Å². The molecule has 0 radical (unpaired) electrons. The number of furan rings is 1. The van der Waals surface area contributed by atoms with E-state index in [9.17, 15) is 0 Å². The van der Waals surface area contributed by atoms with Crippen LogP contribution in [0.15, 0.2) is 156 Å². The van der Waals surface area contributed by atoms with Crippen LogP contribution in [0.4, 0.5) is 0 Å². The number of hydrogen-bond donors (Lipinski definition) is 0. The summed E-state index contributed by atoms with van der Waals surface area (Å²) in [6.45, 7) is 4.59. The molecule has 1 aliphatic carbocycles. The molecule has 0 bridgehead atoms. The van der Waals surface area contributed by atoms with Gasteiger partial charge in [-0.25, -0.2) is 15.0 Å². The van der Waals surface area contributed by atoms with Crippen LogP contribution in [0.3, 0.4) is 0 Å². The third kappa shape index (κ3) is 4.42. The molecule has 0 spiro atoms. The summed E-state index contributed by atoms with van der Waals surface area (Å²) in [6, 6.07) is 53.1. The highest BCUT2D eigenvalue weighted by atomic mass is 16.3. The van der Waals surface area contributed by atoms with Crippen molar-refractivity contribution in [2.45, 2.75) is 19.3 Å². The molecule has 0 saturated heterocycles. The molecule has 0 amide bonds. The smallest absolute Gasteiger partial charge is 0.164 e. The fourth-order valence-electron chi connectivity index (χ4n) is 7.67. The van der Waals surface area contributed by atoms with Crippen molar-refractivity contribution in [3.8, 4) is 56.4 Å². The average Bonchev–Trinajstić information content (AvgIpc) is 3.66. The summed E-state index contributed by atoms with van der Waals surface area (Å²) in [6.07, 6.45) is 0. The Balaban J connectivity index is 1.09. The van der Waals surface area contributed by atoms with Crippen LogP contribution in [-0.2, 0) is 5.41 Å². The van der Waals surface area contributed by atoms with Crippen molar-refractivity contribution in [1.29, 1.82) is 0 Å². The molecule has 0 aliphatic heterocycles. The van der Waals surface area contributed by atoms with Crippen molar-refractivity contribution in [3.63, 3.8) is 0 Å². The van der Waals surface area contributed by atoms with Crippen LogP contribution in [0, 0.1) is 0 Å². The second-order valence-electron chi connectivity index (χ2n) is 13.7. The van der Waals surface area contributed by atoms with Gasteiger partial charge in [0.1, 0.15) is 11.2 Å². The summed E-state index contributed by atoms with van der Waals surface area (Å²) in [4.78, 5) is 15.2. The molecule has 4 heteroatoms. The fourth-order valence-corrected chi connectivity index (χ4v) is 7.67. The maximum Gasteiger partial charge on any atom is 0.164 e. The van der Waals surface area contributed by atoms with E-state index in [1.165, 1.54) is 38.6 Å². The maximum absolute atomic E-state index is 6.51. The van der Waals surface area contributed by atoms with E-state index in [1.807, 2.05) is 42.5 Å². The zero-order valence-corrected chi connectivity index (χ0v) is 27.7. The van der Waals surface area contributed by atoms with Gasteiger partial charge in [0.25, 0.3) is 0 Å². The molecule has 0 unspecified atom stereocenters. The molecule has 2 heterocycles. The minimum atomic E-state index is -0.232. The van der Waals surface area contributed by atoms with Crippen LogP contribution in [0.1, 0.15) is 25.0 Å². The Morgan fingerprint density at radius 3 is 1.86 bits per heavy atom. The highest BCUT2D eigenvalue weighted by Gasteiger charge is 2.38. The van der Waals surface area contributed by atoms with E-state index in [0.29, 0.717) is 17.5 Å². The number of nitrogens with zero attached hydrogens (tertiary/aromatic N) is 3. The Bertz CT molecular complexity index is 2780. The van der Waals surface area contributed by atoms with Gasteiger partial charge in [0.2, 0.25) is 0 Å². The first kappa shape index (κ1) is 28.6. The number of para-hydroxylation sites is 1. The largest absolute Gasteiger partial charge is 0.455 e. The van der Waals surface area contributed by atoms with Crippen LogP contribution >= 0.6 is 0 Å². The van der Waals surface area contributed by atoms with Crippen LogP contribution < -0.4 is 0 Å². The minimum Gasteiger partial charge on any atom is -0.455 e. The van der Waals surface area contributed by atoms with Crippen LogP contribution in [0.25, 0.3) is 89.1 Å². The van der Waals surface area contributed by atoms with Gasteiger partial charge in [-0.1, -0.05) is 147 Å². The molecule has 50 heavy (non-hydrogen) atoms. The van der Waals surface area contributed by atoms with Gasteiger partial charge in [0.05, 0.1) is 0 Å². The molecule has 9 aromatic rings. The van der Waals surface area contributed by atoms with Crippen molar-refractivity contribution in [2.75, 3.05) is 0 Å². The highest BCUT2D eigenvalue weighted by Crippen LogP contribution is 2.53. The zero-order chi connectivity index (χ0) is 33.4. The molecule has 7 aromatic carbocycles. The van der Waals surface area contributed by atoms with Crippen LogP contribution in [-0.4, -0.2) is 15.0 Å². The summed E-state index contributed by atoms with van der Waals surface area (Å²) < 4.78 is 6.51. The van der Waals surface area contributed by atoms with E-state index in [0.717, 1.165) is 44.2 Å². The Morgan fingerprint density at radius 2 is 1.06 bits per heavy atom. The van der Waals surface area contributed by atoms with Gasteiger partial charge < -0.3 is 4.42 Å². The predicted molar refractivity (Wildman–Crippen MR) is 204 cm³/mol. The molecule has 0 fully saturated rings. The second kappa shape index (κ2) is 10.8. The predicted octanol–water partition coefficient (Wildman–Crippen LogP) is 11.9. The number of aromatic nitrogens is 3. The summed E-state index contributed by atoms with van der Waals surface area (Å²) in [5.74, 6) is 1.94. The van der Waals surface area contributed by atoms with Gasteiger partial charge in [-0.2, -0.15) is 0 Å². The molecule has 0 atom stereocenters. The first-order valence-corrected chi connectivity index (χ1v) is 17.0. The normalized spacial score (nSPS) is 13.2. The van der Waals surface area contributed by atoms with Crippen molar-refractivity contribution in [1.82, 2.24) is 15.0 Å². The molecule has 236 valence electrons. The maximum atomic E-state index is 6.51. The van der Waals surface area contributed by atoms with Gasteiger partial charge >= 0.3 is 0 Å². The molecular formula is C46H31N3O. The quantitative estimate of drug-likeness (QED) is 0.192. The van der Waals surface area contributed by atoms with Crippen molar-refractivity contribution in [2.24, 2.45) is 0 Å². The first-order chi connectivity index (χ1) is 24.5. The van der Waals surface area contributed by atoms with Crippen LogP contribution in [0.5, 0.6) is 0 Å². The number of benzene rings is 7. The van der Waals surface area contributed by atoms with Gasteiger partial charge in [-0.3, -0.25) is 0 Å². The third-order valence-electron chi connectivity index (χ3n) is 10.3. The van der Waals surface area contributed by atoms with Crippen molar-refractivity contribution >= 4 is 32.7 Å². The van der Waals surface area contributed by atoms with Crippen molar-refractivity contribution < 1.29 is 4.42 Å². The first-order valence-electron chi connectivity index (χ1n) is 17.0. The third-order valence-corrected chi connectivity index (χ3v) is 10.3. The molecule has 4 nitrogen and oxygen atoms in total. The Morgan fingerprint density at radius 1 is 0.440 bits per heavy atom. The Kier molecular flexibility index (Phi) is 6.19. The molecule has 0 N–H and O–H groups in total. The lowest BCUT2D eigenvalue weighted by Crippen LogP contribution is -2.15. The summed E-state index contributed by atoms with van der Waals surface area (Å²) in [5, 5.41) is 4.75.